The summed E-state index contributed by atoms with van der Waals surface area (Å²) in [5.41, 5.74) is 1.59. The number of phenols is 1. The first-order chi connectivity index (χ1) is 14.2. The fourth-order valence-corrected chi connectivity index (χ4v) is 2.98. The van der Waals surface area contributed by atoms with Crippen LogP contribution in [0.25, 0.3) is 5.69 Å². The first-order valence-electron chi connectivity index (χ1n) is 9.22. The van der Waals surface area contributed by atoms with Crippen molar-refractivity contribution in [3.05, 3.63) is 81.3 Å². The maximum atomic E-state index is 12.9. The number of hydrogen-bond donors (Lipinski definition) is 2. The predicted octanol–water partition coefficient (Wildman–Crippen LogP) is 2.51. The molecule has 8 heteroatoms. The summed E-state index contributed by atoms with van der Waals surface area (Å²) in [4.78, 5) is 38.9. The lowest BCUT2D eigenvalue weighted by atomic mass is 10.1. The number of aromatic hydroxyl groups is 1. The Morgan fingerprint density at radius 2 is 1.73 bits per heavy atom. The van der Waals surface area contributed by atoms with Gasteiger partial charge in [0.1, 0.15) is 0 Å². The van der Waals surface area contributed by atoms with Gasteiger partial charge in [-0.25, -0.2) is 0 Å². The summed E-state index contributed by atoms with van der Waals surface area (Å²) < 4.78 is 1.17. The average molecular weight is 406 g/mol. The van der Waals surface area contributed by atoms with E-state index in [0.29, 0.717) is 11.3 Å². The summed E-state index contributed by atoms with van der Waals surface area (Å²) >= 11 is 0. The summed E-state index contributed by atoms with van der Waals surface area (Å²) in [6, 6.07) is 13.0. The Morgan fingerprint density at radius 3 is 2.40 bits per heavy atom. The molecule has 1 heterocycles. The highest BCUT2D eigenvalue weighted by Gasteiger charge is 2.20. The molecule has 154 valence electrons. The zero-order valence-electron chi connectivity index (χ0n) is 17.1. The molecule has 0 bridgehead atoms. The maximum absolute atomic E-state index is 12.9. The van der Waals surface area contributed by atoms with Crippen LogP contribution in [-0.2, 0) is 0 Å². The molecule has 2 amide bonds. The van der Waals surface area contributed by atoms with Gasteiger partial charge < -0.3 is 15.3 Å². The lowest BCUT2D eigenvalue weighted by molar-refractivity contribution is 0.0824. The van der Waals surface area contributed by atoms with Crippen LogP contribution in [0, 0.1) is 13.8 Å². The molecule has 3 aromatic rings. The molecule has 3 rings (SSSR count). The van der Waals surface area contributed by atoms with Gasteiger partial charge in [-0.05, 0) is 43.2 Å². The molecule has 0 spiro atoms. The fourth-order valence-electron chi connectivity index (χ4n) is 2.98. The number of phenolic OH excluding ortho intramolecular Hbond substituents is 1. The summed E-state index contributed by atoms with van der Waals surface area (Å²) in [7, 11) is 3.13. The van der Waals surface area contributed by atoms with Crippen LogP contribution >= 0.6 is 0 Å². The second kappa shape index (κ2) is 8.20. The van der Waals surface area contributed by atoms with Crippen molar-refractivity contribution >= 4 is 17.5 Å². The van der Waals surface area contributed by atoms with Crippen molar-refractivity contribution in [3.63, 3.8) is 0 Å². The summed E-state index contributed by atoms with van der Waals surface area (Å²) in [5, 5.41) is 17.3. The molecule has 0 fully saturated rings. The van der Waals surface area contributed by atoms with Crippen LogP contribution in [0.3, 0.4) is 0 Å². The first kappa shape index (κ1) is 20.8. The molecule has 0 atom stereocenters. The van der Waals surface area contributed by atoms with Crippen molar-refractivity contribution in [1.29, 1.82) is 0 Å². The zero-order chi connectivity index (χ0) is 22.0. The third-order valence-electron chi connectivity index (χ3n) is 4.60. The van der Waals surface area contributed by atoms with E-state index in [0.717, 1.165) is 5.56 Å². The Morgan fingerprint density at radius 1 is 1.03 bits per heavy atom. The highest BCUT2D eigenvalue weighted by atomic mass is 16.3. The molecular weight excluding hydrogens is 384 g/mol. The molecule has 0 saturated heterocycles. The van der Waals surface area contributed by atoms with Gasteiger partial charge >= 0.3 is 0 Å². The Bertz CT molecular complexity index is 1200. The largest absolute Gasteiger partial charge is 0.505 e. The smallest absolute Gasteiger partial charge is 0.276 e. The molecule has 2 aromatic carbocycles. The number of rotatable bonds is 4. The molecule has 30 heavy (non-hydrogen) atoms. The normalized spacial score (nSPS) is 10.5. The quantitative estimate of drug-likeness (QED) is 0.648. The number of nitrogens with zero attached hydrogens (tertiary/aromatic N) is 3. The number of benzene rings is 2. The van der Waals surface area contributed by atoms with Crippen LogP contribution < -0.4 is 10.9 Å². The van der Waals surface area contributed by atoms with E-state index >= 15 is 0 Å². The molecule has 0 aliphatic carbocycles. The predicted molar refractivity (Wildman–Crippen MR) is 113 cm³/mol. The van der Waals surface area contributed by atoms with Gasteiger partial charge in [0, 0.05) is 20.2 Å². The number of aromatic nitrogens is 2. The number of aryl methyl sites for hydroxylation is 2. The van der Waals surface area contributed by atoms with Gasteiger partial charge in [0.2, 0.25) is 0 Å². The lowest BCUT2D eigenvalue weighted by Crippen LogP contribution is -2.27. The monoisotopic (exact) mass is 406 g/mol. The number of carbonyl (C=O) groups excluding carboxylic acids is 2. The molecule has 0 saturated carbocycles. The highest BCUT2D eigenvalue weighted by molar-refractivity contribution is 6.06. The molecule has 8 nitrogen and oxygen atoms in total. The molecule has 0 aliphatic heterocycles. The van der Waals surface area contributed by atoms with Crippen LogP contribution in [0.15, 0.2) is 53.3 Å². The number of hydrogen-bond acceptors (Lipinski definition) is 5. The Hall–Kier alpha value is -3.94. The Labute approximate surface area is 173 Å². The van der Waals surface area contributed by atoms with Crippen molar-refractivity contribution in [2.45, 2.75) is 13.8 Å². The molecule has 1 aromatic heterocycles. The van der Waals surface area contributed by atoms with Crippen LogP contribution in [0.2, 0.25) is 0 Å². The molecular formula is C22H22N4O4. The maximum Gasteiger partial charge on any atom is 0.276 e. The molecule has 0 radical (unpaired) electrons. The van der Waals surface area contributed by atoms with E-state index in [-0.39, 0.29) is 28.3 Å². The summed E-state index contributed by atoms with van der Waals surface area (Å²) in [6.07, 6.45) is 0. The Balaban J connectivity index is 2.00. The van der Waals surface area contributed by atoms with E-state index in [1.165, 1.54) is 27.8 Å². The van der Waals surface area contributed by atoms with Crippen LogP contribution in [0.1, 0.15) is 32.0 Å². The van der Waals surface area contributed by atoms with Crippen LogP contribution in [0.4, 0.5) is 5.69 Å². The Kier molecular flexibility index (Phi) is 5.68. The minimum Gasteiger partial charge on any atom is -0.505 e. The number of nitrogens with one attached hydrogen (secondary N) is 1. The van der Waals surface area contributed by atoms with E-state index in [1.54, 1.807) is 39.2 Å². The van der Waals surface area contributed by atoms with Crippen molar-refractivity contribution in [3.8, 4) is 11.4 Å². The SMILES string of the molecule is Cc1ccccc1-n1nc(C(=O)Nc2cccc(C(=O)N(C)C)c2O)c(C)cc1=O. The van der Waals surface area contributed by atoms with Crippen molar-refractivity contribution in [2.24, 2.45) is 0 Å². The summed E-state index contributed by atoms with van der Waals surface area (Å²) in [5.74, 6) is -1.35. The van der Waals surface area contributed by atoms with Gasteiger partial charge in [0.25, 0.3) is 17.4 Å². The number of carbonyl (C=O) groups is 2. The van der Waals surface area contributed by atoms with E-state index < -0.39 is 11.8 Å². The van der Waals surface area contributed by atoms with Crippen molar-refractivity contribution < 1.29 is 14.7 Å². The van der Waals surface area contributed by atoms with Crippen molar-refractivity contribution in [1.82, 2.24) is 14.7 Å². The van der Waals surface area contributed by atoms with E-state index in [9.17, 15) is 19.5 Å². The third kappa shape index (κ3) is 3.93. The van der Waals surface area contributed by atoms with Gasteiger partial charge in [0.15, 0.2) is 11.4 Å². The standard InChI is InChI=1S/C22H22N4O4/c1-13-8-5-6-11-17(13)26-18(27)12-14(2)19(24-26)21(29)23-16-10-7-9-15(20(16)28)22(30)25(3)4/h5-12,28H,1-4H3,(H,23,29). The number of amides is 2. The van der Waals surface area contributed by atoms with E-state index in [2.05, 4.69) is 10.4 Å². The van der Waals surface area contributed by atoms with E-state index in [1.807, 2.05) is 19.1 Å². The van der Waals surface area contributed by atoms with Crippen LogP contribution in [0.5, 0.6) is 5.75 Å². The highest BCUT2D eigenvalue weighted by Crippen LogP contribution is 2.28. The average Bonchev–Trinajstić information content (AvgIpc) is 2.69. The van der Waals surface area contributed by atoms with E-state index in [4.69, 9.17) is 0 Å². The molecule has 2 N–H and O–H groups in total. The van der Waals surface area contributed by atoms with Crippen LogP contribution in [-0.4, -0.2) is 45.7 Å². The van der Waals surface area contributed by atoms with Gasteiger partial charge in [-0.2, -0.15) is 9.78 Å². The minimum absolute atomic E-state index is 0.0293. The second-order valence-corrected chi connectivity index (χ2v) is 7.07. The van der Waals surface area contributed by atoms with Gasteiger partial charge in [-0.15, -0.1) is 0 Å². The lowest BCUT2D eigenvalue weighted by Gasteiger charge is -2.15. The zero-order valence-corrected chi connectivity index (χ0v) is 17.1. The number of anilines is 1. The second-order valence-electron chi connectivity index (χ2n) is 7.07. The van der Waals surface area contributed by atoms with Gasteiger partial charge in [-0.1, -0.05) is 24.3 Å². The molecule has 0 aliphatic rings. The van der Waals surface area contributed by atoms with Gasteiger partial charge in [0.05, 0.1) is 16.9 Å². The number of para-hydroxylation sites is 2. The van der Waals surface area contributed by atoms with Gasteiger partial charge in [-0.3, -0.25) is 14.4 Å². The minimum atomic E-state index is -0.611. The first-order valence-corrected chi connectivity index (χ1v) is 9.22. The summed E-state index contributed by atoms with van der Waals surface area (Å²) in [6.45, 7) is 3.45. The topological polar surface area (TPSA) is 105 Å². The third-order valence-corrected chi connectivity index (χ3v) is 4.60. The fraction of sp³-hybridized carbons (Fsp3) is 0.182. The van der Waals surface area contributed by atoms with Crippen molar-refractivity contribution in [2.75, 3.05) is 19.4 Å². The molecule has 0 unspecified atom stereocenters.